The predicted molar refractivity (Wildman–Crippen MR) is 60.8 cm³/mol. The molecule has 0 aromatic rings. The molecule has 0 unspecified atom stereocenters. The van der Waals surface area contributed by atoms with Gasteiger partial charge >= 0.3 is 0 Å². The van der Waals surface area contributed by atoms with E-state index in [0.717, 1.165) is 12.5 Å². The van der Waals surface area contributed by atoms with Gasteiger partial charge in [-0.05, 0) is 30.9 Å². The molecule has 1 heteroatoms. The summed E-state index contributed by atoms with van der Waals surface area (Å²) < 4.78 is 0. The molecule has 1 saturated carbocycles. The molecule has 74 valence electrons. The lowest BCUT2D eigenvalue weighted by atomic mass is 9.85. The van der Waals surface area contributed by atoms with Crippen LogP contribution in [0.4, 0.5) is 0 Å². The lowest BCUT2D eigenvalue weighted by molar-refractivity contribution is 0.310. The average Bonchev–Trinajstić information content (AvgIpc) is 2.05. The van der Waals surface area contributed by atoms with Crippen molar-refractivity contribution in [2.75, 3.05) is 6.54 Å². The van der Waals surface area contributed by atoms with Crippen LogP contribution in [-0.4, -0.2) is 6.54 Å². The van der Waals surface area contributed by atoms with Crippen LogP contribution in [0, 0.1) is 5.92 Å². The van der Waals surface area contributed by atoms with Gasteiger partial charge in [-0.1, -0.05) is 36.8 Å². The van der Waals surface area contributed by atoms with Gasteiger partial charge in [0, 0.05) is 12.2 Å². The summed E-state index contributed by atoms with van der Waals surface area (Å²) in [6.07, 6.45) is 18.8. The number of nitrogens with one attached hydrogen (secondary N) is 1. The molecule has 1 fully saturated rings. The molecule has 0 spiro atoms. The van der Waals surface area contributed by atoms with Gasteiger partial charge in [-0.25, -0.2) is 0 Å². The van der Waals surface area contributed by atoms with Crippen LogP contribution in [0.3, 0.4) is 0 Å². The Kier molecular flexibility index (Phi) is 3.23. The quantitative estimate of drug-likeness (QED) is 0.716. The fourth-order valence-electron chi connectivity index (χ4n) is 1.64. The van der Waals surface area contributed by atoms with Crippen molar-refractivity contribution in [2.24, 2.45) is 5.92 Å². The number of rotatable bonds is 3. The minimum Gasteiger partial charge on any atom is -0.385 e. The first kappa shape index (κ1) is 9.32. The molecule has 1 nitrogen and oxygen atoms in total. The van der Waals surface area contributed by atoms with E-state index in [1.54, 1.807) is 0 Å². The Morgan fingerprint density at radius 2 is 1.86 bits per heavy atom. The molecule has 0 saturated heterocycles. The lowest BCUT2D eigenvalue weighted by Crippen LogP contribution is -2.26. The third kappa shape index (κ3) is 2.63. The lowest BCUT2D eigenvalue weighted by Gasteiger charge is -2.26. The molecule has 0 aliphatic heterocycles. The van der Waals surface area contributed by atoms with Crippen LogP contribution in [0.5, 0.6) is 0 Å². The second kappa shape index (κ2) is 4.85. The zero-order chi connectivity index (χ0) is 9.64. The van der Waals surface area contributed by atoms with Crippen molar-refractivity contribution < 1.29 is 0 Å². The van der Waals surface area contributed by atoms with E-state index in [2.05, 4.69) is 41.8 Å². The van der Waals surface area contributed by atoms with Crippen LogP contribution in [0.2, 0.25) is 0 Å². The number of hydrogen-bond acceptors (Lipinski definition) is 1. The zero-order valence-corrected chi connectivity index (χ0v) is 8.45. The molecule has 2 aliphatic rings. The Balaban J connectivity index is 1.83. The van der Waals surface area contributed by atoms with Crippen molar-refractivity contribution in [3.63, 3.8) is 0 Å². The third-order valence-corrected chi connectivity index (χ3v) is 2.82. The summed E-state index contributed by atoms with van der Waals surface area (Å²) in [5.41, 5.74) is 1.22. The second-order valence-electron chi connectivity index (χ2n) is 3.93. The molecule has 2 aliphatic carbocycles. The molecule has 14 heavy (non-hydrogen) atoms. The molecule has 0 amide bonds. The Hall–Kier alpha value is -1.24. The largest absolute Gasteiger partial charge is 0.385 e. The SMILES string of the molecule is C1=C\C=C/C(NCC2CCC2)=C\C=C/1. The van der Waals surface area contributed by atoms with Gasteiger partial charge in [0.1, 0.15) is 0 Å². The molecule has 2 rings (SSSR count). The Morgan fingerprint density at radius 3 is 2.64 bits per heavy atom. The van der Waals surface area contributed by atoms with Gasteiger partial charge in [-0.2, -0.15) is 0 Å². The number of hydrogen-bond donors (Lipinski definition) is 1. The smallest absolute Gasteiger partial charge is 0.0340 e. The highest BCUT2D eigenvalue weighted by atomic mass is 14.9. The molecule has 0 bridgehead atoms. The fourth-order valence-corrected chi connectivity index (χ4v) is 1.64. The summed E-state index contributed by atoms with van der Waals surface area (Å²) in [6, 6.07) is 0. The van der Waals surface area contributed by atoms with Gasteiger partial charge in [-0.3, -0.25) is 0 Å². The van der Waals surface area contributed by atoms with E-state index in [4.69, 9.17) is 0 Å². The maximum Gasteiger partial charge on any atom is 0.0340 e. The number of allylic oxidation sites excluding steroid dienone is 7. The standard InChI is InChI=1S/C13H17N/c1-2-4-9-13(10-5-3-1)14-11-12-7-6-8-12/h1-5,9-10,12,14H,6-8,11H2/b2-1-,3-1?,4-2?,5-3-,9-4-,10-5?,13-9?,13-10+. The summed E-state index contributed by atoms with van der Waals surface area (Å²) in [4.78, 5) is 0. The summed E-state index contributed by atoms with van der Waals surface area (Å²) in [7, 11) is 0. The van der Waals surface area contributed by atoms with E-state index in [1.165, 1.54) is 25.0 Å². The Morgan fingerprint density at radius 1 is 1.07 bits per heavy atom. The zero-order valence-electron chi connectivity index (χ0n) is 8.45. The Labute approximate surface area is 85.9 Å². The molecular formula is C13H17N. The maximum atomic E-state index is 3.48. The van der Waals surface area contributed by atoms with E-state index < -0.39 is 0 Å². The van der Waals surface area contributed by atoms with Gasteiger partial charge in [0.25, 0.3) is 0 Å². The highest BCUT2D eigenvalue weighted by Gasteiger charge is 2.16. The minimum atomic E-state index is 0.911. The molecule has 0 aromatic carbocycles. The molecular weight excluding hydrogens is 170 g/mol. The van der Waals surface area contributed by atoms with E-state index in [1.807, 2.05) is 6.08 Å². The van der Waals surface area contributed by atoms with Crippen LogP contribution in [0.25, 0.3) is 0 Å². The first-order valence-corrected chi connectivity index (χ1v) is 5.41. The topological polar surface area (TPSA) is 12.0 Å². The van der Waals surface area contributed by atoms with Crippen molar-refractivity contribution in [3.05, 3.63) is 48.2 Å². The van der Waals surface area contributed by atoms with Crippen LogP contribution < -0.4 is 5.32 Å². The fraction of sp³-hybridized carbons (Fsp3) is 0.385. The molecule has 0 aromatic heterocycles. The summed E-state index contributed by atoms with van der Waals surface area (Å²) >= 11 is 0. The van der Waals surface area contributed by atoms with Crippen LogP contribution in [-0.2, 0) is 0 Å². The normalized spacial score (nSPS) is 31.6. The van der Waals surface area contributed by atoms with Crippen molar-refractivity contribution in [1.82, 2.24) is 5.32 Å². The molecule has 0 atom stereocenters. The predicted octanol–water partition coefficient (Wildman–Crippen LogP) is 2.94. The molecule has 0 heterocycles. The second-order valence-corrected chi connectivity index (χ2v) is 3.93. The average molecular weight is 187 g/mol. The highest BCUT2D eigenvalue weighted by Crippen LogP contribution is 2.25. The van der Waals surface area contributed by atoms with Gasteiger partial charge in [0.2, 0.25) is 0 Å². The maximum absolute atomic E-state index is 3.48. The summed E-state index contributed by atoms with van der Waals surface area (Å²) in [5, 5.41) is 3.48. The van der Waals surface area contributed by atoms with Crippen LogP contribution in [0.15, 0.2) is 48.2 Å². The van der Waals surface area contributed by atoms with E-state index >= 15 is 0 Å². The molecule has 1 N–H and O–H groups in total. The van der Waals surface area contributed by atoms with Crippen molar-refractivity contribution in [2.45, 2.75) is 19.3 Å². The molecule has 0 radical (unpaired) electrons. The van der Waals surface area contributed by atoms with Crippen LogP contribution in [0.1, 0.15) is 19.3 Å². The third-order valence-electron chi connectivity index (χ3n) is 2.82. The Bertz CT molecular complexity index is 290. The van der Waals surface area contributed by atoms with Gasteiger partial charge in [0.15, 0.2) is 0 Å². The first-order valence-electron chi connectivity index (χ1n) is 5.41. The van der Waals surface area contributed by atoms with Crippen molar-refractivity contribution in [1.29, 1.82) is 0 Å². The van der Waals surface area contributed by atoms with Gasteiger partial charge in [0.05, 0.1) is 0 Å². The summed E-state index contributed by atoms with van der Waals surface area (Å²) in [5.74, 6) is 0.911. The van der Waals surface area contributed by atoms with E-state index in [-0.39, 0.29) is 0 Å². The van der Waals surface area contributed by atoms with E-state index in [9.17, 15) is 0 Å². The summed E-state index contributed by atoms with van der Waals surface area (Å²) in [6.45, 7) is 1.13. The minimum absolute atomic E-state index is 0.911. The van der Waals surface area contributed by atoms with Crippen molar-refractivity contribution in [3.8, 4) is 0 Å². The highest BCUT2D eigenvalue weighted by molar-refractivity contribution is 5.29. The van der Waals surface area contributed by atoms with Crippen LogP contribution >= 0.6 is 0 Å². The van der Waals surface area contributed by atoms with Gasteiger partial charge in [-0.15, -0.1) is 0 Å². The van der Waals surface area contributed by atoms with Crippen molar-refractivity contribution >= 4 is 0 Å². The van der Waals surface area contributed by atoms with Gasteiger partial charge < -0.3 is 5.32 Å². The van der Waals surface area contributed by atoms with E-state index in [0.29, 0.717) is 0 Å². The monoisotopic (exact) mass is 187 g/mol. The first-order chi connectivity index (χ1) is 6.95.